The van der Waals surface area contributed by atoms with Crippen LogP contribution in [0, 0.1) is 0 Å². The van der Waals surface area contributed by atoms with Gasteiger partial charge in [-0.25, -0.2) is 15.0 Å². The lowest BCUT2D eigenvalue weighted by atomic mass is 10.4. The number of aromatic nitrogens is 3. The van der Waals surface area contributed by atoms with Gasteiger partial charge < -0.3 is 14.5 Å². The van der Waals surface area contributed by atoms with E-state index in [1.165, 1.54) is 6.33 Å². The third-order valence-corrected chi connectivity index (χ3v) is 3.57. The van der Waals surface area contributed by atoms with Gasteiger partial charge in [0.05, 0.1) is 25.1 Å². The molecule has 0 spiro atoms. The Hall–Kier alpha value is -2.41. The van der Waals surface area contributed by atoms with Gasteiger partial charge in [-0.1, -0.05) is 0 Å². The first-order valence-corrected chi connectivity index (χ1v) is 7.40. The minimum atomic E-state index is 0.560. The van der Waals surface area contributed by atoms with Gasteiger partial charge in [0.1, 0.15) is 12.1 Å². The Bertz CT molecular complexity index is 697. The first-order chi connectivity index (χ1) is 10.3. The topological polar surface area (TPSA) is 73.1 Å². The van der Waals surface area contributed by atoms with Crippen molar-refractivity contribution in [3.63, 3.8) is 0 Å². The summed E-state index contributed by atoms with van der Waals surface area (Å²) >= 11 is 1.55. The Morgan fingerprint density at radius 2 is 2.33 bits per heavy atom. The van der Waals surface area contributed by atoms with Crippen molar-refractivity contribution in [2.75, 3.05) is 11.9 Å². The monoisotopic (exact) mass is 302 g/mol. The van der Waals surface area contributed by atoms with Crippen molar-refractivity contribution in [2.45, 2.75) is 13.5 Å². The summed E-state index contributed by atoms with van der Waals surface area (Å²) in [5.41, 5.74) is 0.933. The van der Waals surface area contributed by atoms with E-state index in [-0.39, 0.29) is 0 Å². The fraction of sp³-hybridized carbons (Fsp3) is 0.214. The fourth-order valence-corrected chi connectivity index (χ4v) is 2.53. The predicted octanol–water partition coefficient (Wildman–Crippen LogP) is 3.20. The zero-order valence-corrected chi connectivity index (χ0v) is 12.3. The molecule has 3 aromatic heterocycles. The molecule has 3 aromatic rings. The Morgan fingerprint density at radius 1 is 1.38 bits per heavy atom. The van der Waals surface area contributed by atoms with E-state index in [2.05, 4.69) is 20.3 Å². The van der Waals surface area contributed by atoms with Crippen LogP contribution >= 0.6 is 11.3 Å². The lowest BCUT2D eigenvalue weighted by molar-refractivity contribution is 0.326. The maximum atomic E-state index is 5.33. The molecule has 0 bridgehead atoms. The lowest BCUT2D eigenvalue weighted by Gasteiger charge is -2.05. The van der Waals surface area contributed by atoms with Crippen LogP contribution in [0.2, 0.25) is 0 Å². The second-order valence-electron chi connectivity index (χ2n) is 4.15. The summed E-state index contributed by atoms with van der Waals surface area (Å²) in [7, 11) is 0. The van der Waals surface area contributed by atoms with E-state index in [4.69, 9.17) is 9.15 Å². The largest absolute Gasteiger partial charge is 0.478 e. The molecule has 108 valence electrons. The molecule has 0 unspecified atom stereocenters. The molecule has 3 rings (SSSR count). The van der Waals surface area contributed by atoms with Crippen molar-refractivity contribution in [3.05, 3.63) is 41.9 Å². The summed E-state index contributed by atoms with van der Waals surface area (Å²) < 4.78 is 10.7. The zero-order chi connectivity index (χ0) is 14.5. The first-order valence-electron chi connectivity index (χ1n) is 6.52. The third-order valence-electron chi connectivity index (χ3n) is 2.67. The summed E-state index contributed by atoms with van der Waals surface area (Å²) in [5, 5.41) is 6.07. The highest BCUT2D eigenvalue weighted by Crippen LogP contribution is 2.24. The molecule has 3 heterocycles. The highest BCUT2D eigenvalue weighted by molar-refractivity contribution is 7.13. The molecule has 7 heteroatoms. The number of ether oxygens (including phenoxy) is 1. The van der Waals surface area contributed by atoms with Gasteiger partial charge in [-0.2, -0.15) is 0 Å². The second-order valence-corrected chi connectivity index (χ2v) is 5.01. The lowest BCUT2D eigenvalue weighted by Crippen LogP contribution is -2.03. The molecule has 0 aliphatic carbocycles. The third kappa shape index (κ3) is 3.38. The number of rotatable bonds is 6. The number of hydrogen-bond donors (Lipinski definition) is 1. The molecule has 0 saturated heterocycles. The molecule has 0 saturated carbocycles. The van der Waals surface area contributed by atoms with E-state index < -0.39 is 0 Å². The molecule has 0 aromatic carbocycles. The van der Waals surface area contributed by atoms with Crippen LogP contribution < -0.4 is 10.1 Å². The number of furan rings is 1. The van der Waals surface area contributed by atoms with E-state index in [1.807, 2.05) is 24.4 Å². The van der Waals surface area contributed by atoms with Crippen molar-refractivity contribution in [1.29, 1.82) is 0 Å². The van der Waals surface area contributed by atoms with Gasteiger partial charge in [0.2, 0.25) is 5.88 Å². The van der Waals surface area contributed by atoms with Crippen LogP contribution in [0.3, 0.4) is 0 Å². The first kappa shape index (κ1) is 13.6. The van der Waals surface area contributed by atoms with Crippen molar-refractivity contribution in [3.8, 4) is 16.6 Å². The molecule has 21 heavy (non-hydrogen) atoms. The normalized spacial score (nSPS) is 10.5. The second kappa shape index (κ2) is 6.36. The van der Waals surface area contributed by atoms with Crippen molar-refractivity contribution in [2.24, 2.45) is 0 Å². The molecule has 1 N–H and O–H groups in total. The predicted molar refractivity (Wildman–Crippen MR) is 80.3 cm³/mol. The molecule has 6 nitrogen and oxygen atoms in total. The van der Waals surface area contributed by atoms with Crippen LogP contribution in [0.25, 0.3) is 10.8 Å². The molecular weight excluding hydrogens is 288 g/mol. The van der Waals surface area contributed by atoms with E-state index >= 15 is 0 Å². The summed E-state index contributed by atoms with van der Waals surface area (Å²) in [4.78, 5) is 12.7. The number of thiazole rings is 1. The Balaban J connectivity index is 1.64. The maximum Gasteiger partial charge on any atom is 0.218 e. The molecular formula is C14H14N4O2S. The number of hydrogen-bond acceptors (Lipinski definition) is 7. The number of nitrogens with one attached hydrogen (secondary N) is 1. The SMILES string of the molecule is CCOc1cc(NCc2csc(-c3ccco3)n2)ncn1. The van der Waals surface area contributed by atoms with E-state index in [9.17, 15) is 0 Å². The van der Waals surface area contributed by atoms with E-state index in [0.717, 1.165) is 16.5 Å². The van der Waals surface area contributed by atoms with Gasteiger partial charge in [-0.3, -0.25) is 0 Å². The molecule has 0 amide bonds. The minimum absolute atomic E-state index is 0.560. The molecule has 0 radical (unpaired) electrons. The summed E-state index contributed by atoms with van der Waals surface area (Å²) in [6.07, 6.45) is 3.12. The van der Waals surface area contributed by atoms with Crippen molar-refractivity contribution >= 4 is 17.2 Å². The number of nitrogens with zero attached hydrogens (tertiary/aromatic N) is 3. The molecule has 0 fully saturated rings. The van der Waals surface area contributed by atoms with Gasteiger partial charge in [0.15, 0.2) is 10.8 Å². The van der Waals surface area contributed by atoms with Crippen LogP contribution in [0.1, 0.15) is 12.6 Å². The van der Waals surface area contributed by atoms with Crippen molar-refractivity contribution in [1.82, 2.24) is 15.0 Å². The number of anilines is 1. The van der Waals surface area contributed by atoms with E-state index in [0.29, 0.717) is 24.8 Å². The van der Waals surface area contributed by atoms with E-state index in [1.54, 1.807) is 23.7 Å². The standard InChI is InChI=1S/C14H14N4O2S/c1-2-19-13-6-12(16-9-17-13)15-7-10-8-21-14(18-10)11-4-3-5-20-11/h3-6,8-9H,2,7H2,1H3,(H,15,16,17). The van der Waals surface area contributed by atoms with Crippen LogP contribution in [-0.4, -0.2) is 21.6 Å². The highest BCUT2D eigenvalue weighted by atomic mass is 32.1. The van der Waals surface area contributed by atoms with Gasteiger partial charge in [0, 0.05) is 11.4 Å². The zero-order valence-electron chi connectivity index (χ0n) is 11.4. The van der Waals surface area contributed by atoms with Crippen molar-refractivity contribution < 1.29 is 9.15 Å². The minimum Gasteiger partial charge on any atom is -0.478 e. The fourth-order valence-electron chi connectivity index (χ4n) is 1.75. The van der Waals surface area contributed by atoms with Gasteiger partial charge >= 0.3 is 0 Å². The quantitative estimate of drug-likeness (QED) is 0.753. The molecule has 0 aliphatic rings. The summed E-state index contributed by atoms with van der Waals surface area (Å²) in [5.74, 6) is 2.05. The van der Waals surface area contributed by atoms with Crippen LogP contribution in [0.5, 0.6) is 5.88 Å². The average molecular weight is 302 g/mol. The summed E-state index contributed by atoms with van der Waals surface area (Å²) in [6, 6.07) is 5.52. The Morgan fingerprint density at radius 3 is 3.14 bits per heavy atom. The average Bonchev–Trinajstić information content (AvgIpc) is 3.17. The molecule has 0 atom stereocenters. The molecule has 0 aliphatic heterocycles. The van der Waals surface area contributed by atoms with Crippen LogP contribution in [0.15, 0.2) is 40.6 Å². The Labute approximate surface area is 125 Å². The van der Waals surface area contributed by atoms with Gasteiger partial charge in [-0.05, 0) is 19.1 Å². The smallest absolute Gasteiger partial charge is 0.218 e. The van der Waals surface area contributed by atoms with Crippen LogP contribution in [-0.2, 0) is 6.54 Å². The highest BCUT2D eigenvalue weighted by Gasteiger charge is 2.07. The van der Waals surface area contributed by atoms with Gasteiger partial charge in [0.25, 0.3) is 0 Å². The van der Waals surface area contributed by atoms with Gasteiger partial charge in [-0.15, -0.1) is 11.3 Å². The Kier molecular flexibility index (Phi) is 4.11. The van der Waals surface area contributed by atoms with Crippen LogP contribution in [0.4, 0.5) is 5.82 Å². The summed E-state index contributed by atoms with van der Waals surface area (Å²) in [6.45, 7) is 3.08. The maximum absolute atomic E-state index is 5.33.